The van der Waals surface area contributed by atoms with E-state index in [1.54, 1.807) is 19.2 Å². The van der Waals surface area contributed by atoms with Crippen molar-refractivity contribution >= 4 is 5.69 Å². The van der Waals surface area contributed by atoms with E-state index < -0.39 is 11.7 Å². The van der Waals surface area contributed by atoms with Crippen LogP contribution in [0.2, 0.25) is 0 Å². The van der Waals surface area contributed by atoms with Gasteiger partial charge in [0.1, 0.15) is 5.75 Å². The number of methoxy groups -OCH3 is 1. The van der Waals surface area contributed by atoms with Crippen molar-refractivity contribution in [3.63, 3.8) is 0 Å². The summed E-state index contributed by atoms with van der Waals surface area (Å²) in [4.78, 5) is 1.93. The number of hydrogen-bond acceptors (Lipinski definition) is 3. The quantitative estimate of drug-likeness (QED) is 0.686. The highest BCUT2D eigenvalue weighted by atomic mass is 19.4. The third-order valence-electron chi connectivity index (χ3n) is 3.40. The molecule has 110 valence electrons. The molecule has 0 aromatic heterocycles. The van der Waals surface area contributed by atoms with Gasteiger partial charge in [0.05, 0.1) is 7.11 Å². The van der Waals surface area contributed by atoms with E-state index in [2.05, 4.69) is 0 Å². The van der Waals surface area contributed by atoms with Crippen molar-refractivity contribution in [1.82, 2.24) is 4.90 Å². The van der Waals surface area contributed by atoms with Crippen LogP contribution in [0.3, 0.4) is 0 Å². The lowest BCUT2D eigenvalue weighted by Crippen LogP contribution is -2.31. The fourth-order valence-electron chi connectivity index (χ4n) is 2.20. The van der Waals surface area contributed by atoms with Crippen molar-refractivity contribution in [2.45, 2.75) is 19.1 Å². The molecule has 0 radical (unpaired) electrons. The van der Waals surface area contributed by atoms with E-state index >= 15 is 0 Å². The number of nitrogens with zero attached hydrogens (tertiary/aromatic N) is 1. The Hall–Kier alpha value is -1.69. The molecule has 6 heteroatoms. The molecule has 20 heavy (non-hydrogen) atoms. The van der Waals surface area contributed by atoms with Crippen LogP contribution in [0.25, 0.3) is 0 Å². The SMILES string of the molecule is COc1ccc(N)c(CN2CC=C(C(F)(F)F)CC2)c1. The second kappa shape index (κ2) is 5.75. The summed E-state index contributed by atoms with van der Waals surface area (Å²) < 4.78 is 42.7. The number of hydrogen-bond donors (Lipinski definition) is 1. The van der Waals surface area contributed by atoms with Crippen LogP contribution in [0.5, 0.6) is 5.75 Å². The number of rotatable bonds is 3. The molecule has 0 spiro atoms. The van der Waals surface area contributed by atoms with E-state index in [1.165, 1.54) is 6.08 Å². The highest BCUT2D eigenvalue weighted by Gasteiger charge is 2.34. The Morgan fingerprint density at radius 1 is 1.35 bits per heavy atom. The second-order valence-corrected chi connectivity index (χ2v) is 4.78. The van der Waals surface area contributed by atoms with E-state index in [1.807, 2.05) is 11.0 Å². The molecule has 0 fully saturated rings. The molecular formula is C14H17F3N2O. The highest BCUT2D eigenvalue weighted by Crippen LogP contribution is 2.31. The first-order valence-electron chi connectivity index (χ1n) is 6.31. The van der Waals surface area contributed by atoms with Gasteiger partial charge in [0.25, 0.3) is 0 Å². The van der Waals surface area contributed by atoms with E-state index in [-0.39, 0.29) is 13.0 Å². The minimum Gasteiger partial charge on any atom is -0.497 e. The molecule has 0 saturated heterocycles. The van der Waals surface area contributed by atoms with Gasteiger partial charge in [-0.1, -0.05) is 6.08 Å². The average Bonchev–Trinajstić information content (AvgIpc) is 2.41. The molecular weight excluding hydrogens is 269 g/mol. The number of nitrogens with two attached hydrogens (primary N) is 1. The van der Waals surface area contributed by atoms with E-state index in [9.17, 15) is 13.2 Å². The third-order valence-corrected chi connectivity index (χ3v) is 3.40. The van der Waals surface area contributed by atoms with Crippen molar-refractivity contribution < 1.29 is 17.9 Å². The maximum atomic E-state index is 12.5. The summed E-state index contributed by atoms with van der Waals surface area (Å²) in [6, 6.07) is 5.32. The highest BCUT2D eigenvalue weighted by molar-refractivity contribution is 5.50. The van der Waals surface area contributed by atoms with Crippen molar-refractivity contribution in [3.05, 3.63) is 35.4 Å². The molecule has 1 aromatic rings. The third kappa shape index (κ3) is 3.45. The minimum absolute atomic E-state index is 0.0212. The minimum atomic E-state index is -4.21. The molecule has 1 aliphatic rings. The van der Waals surface area contributed by atoms with Crippen molar-refractivity contribution in [2.75, 3.05) is 25.9 Å². The molecule has 0 unspecified atom stereocenters. The number of alkyl halides is 3. The summed E-state index contributed by atoms with van der Waals surface area (Å²) in [6.45, 7) is 1.18. The predicted molar refractivity (Wildman–Crippen MR) is 71.4 cm³/mol. The van der Waals surface area contributed by atoms with Gasteiger partial charge in [-0.3, -0.25) is 4.90 Å². The molecule has 0 saturated carbocycles. The number of benzene rings is 1. The fraction of sp³-hybridized carbons (Fsp3) is 0.429. The van der Waals surface area contributed by atoms with E-state index in [4.69, 9.17) is 10.5 Å². The summed E-state index contributed by atoms with van der Waals surface area (Å²) in [7, 11) is 1.56. The molecule has 1 aromatic carbocycles. The van der Waals surface area contributed by atoms with Gasteiger partial charge >= 0.3 is 6.18 Å². The first kappa shape index (κ1) is 14.7. The van der Waals surface area contributed by atoms with Crippen LogP contribution >= 0.6 is 0 Å². The van der Waals surface area contributed by atoms with Gasteiger partial charge in [0.15, 0.2) is 0 Å². The van der Waals surface area contributed by atoms with Crippen LogP contribution in [0.15, 0.2) is 29.8 Å². The van der Waals surface area contributed by atoms with Gasteiger partial charge in [-0.15, -0.1) is 0 Å². The molecule has 2 rings (SSSR count). The average molecular weight is 286 g/mol. The Bertz CT molecular complexity index is 512. The summed E-state index contributed by atoms with van der Waals surface area (Å²) in [6.07, 6.45) is -2.94. The lowest BCUT2D eigenvalue weighted by atomic mass is 10.1. The zero-order chi connectivity index (χ0) is 14.8. The Balaban J connectivity index is 2.04. The first-order valence-corrected chi connectivity index (χ1v) is 6.31. The molecule has 0 atom stereocenters. The van der Waals surface area contributed by atoms with Crippen molar-refractivity contribution in [3.8, 4) is 5.75 Å². The van der Waals surface area contributed by atoms with Crippen molar-refractivity contribution in [1.29, 1.82) is 0 Å². The van der Waals surface area contributed by atoms with Crippen LogP contribution < -0.4 is 10.5 Å². The van der Waals surface area contributed by atoms with Crippen LogP contribution in [-0.2, 0) is 6.54 Å². The maximum absolute atomic E-state index is 12.5. The molecule has 3 nitrogen and oxygen atoms in total. The van der Waals surface area contributed by atoms with Gasteiger partial charge in [-0.2, -0.15) is 13.2 Å². The monoisotopic (exact) mass is 286 g/mol. The van der Waals surface area contributed by atoms with Crippen LogP contribution in [0.4, 0.5) is 18.9 Å². The zero-order valence-corrected chi connectivity index (χ0v) is 11.2. The first-order chi connectivity index (χ1) is 9.40. The Morgan fingerprint density at radius 3 is 2.65 bits per heavy atom. The van der Waals surface area contributed by atoms with Gasteiger partial charge in [0.2, 0.25) is 0 Å². The summed E-state index contributed by atoms with van der Waals surface area (Å²) in [5, 5.41) is 0. The molecule has 1 aliphatic heterocycles. The van der Waals surface area contributed by atoms with Crippen LogP contribution in [0, 0.1) is 0 Å². The Labute approximate surface area is 115 Å². The Morgan fingerprint density at radius 2 is 2.10 bits per heavy atom. The van der Waals surface area contributed by atoms with Crippen molar-refractivity contribution in [2.24, 2.45) is 0 Å². The molecule has 1 heterocycles. The number of anilines is 1. The Kier molecular flexibility index (Phi) is 4.23. The molecule has 2 N–H and O–H groups in total. The lowest BCUT2D eigenvalue weighted by molar-refractivity contribution is -0.0960. The normalized spacial score (nSPS) is 16.9. The number of halogens is 3. The number of ether oxygens (including phenoxy) is 1. The largest absolute Gasteiger partial charge is 0.497 e. The summed E-state index contributed by atoms with van der Waals surface area (Å²) in [5.74, 6) is 0.692. The van der Waals surface area contributed by atoms with Gasteiger partial charge in [-0.05, 0) is 30.2 Å². The molecule has 0 bridgehead atoms. The molecule has 0 aliphatic carbocycles. The van der Waals surface area contributed by atoms with Crippen LogP contribution in [-0.4, -0.2) is 31.3 Å². The topological polar surface area (TPSA) is 38.5 Å². The van der Waals surface area contributed by atoms with Crippen LogP contribution in [0.1, 0.15) is 12.0 Å². The molecule has 0 amide bonds. The lowest BCUT2D eigenvalue weighted by Gasteiger charge is -2.27. The maximum Gasteiger partial charge on any atom is 0.412 e. The summed E-state index contributed by atoms with van der Waals surface area (Å²) >= 11 is 0. The van der Waals surface area contributed by atoms with E-state index in [0.717, 1.165) is 5.56 Å². The van der Waals surface area contributed by atoms with Gasteiger partial charge in [0, 0.05) is 30.9 Å². The fourth-order valence-corrected chi connectivity index (χ4v) is 2.20. The zero-order valence-electron chi connectivity index (χ0n) is 11.2. The smallest absolute Gasteiger partial charge is 0.412 e. The van der Waals surface area contributed by atoms with Gasteiger partial charge < -0.3 is 10.5 Å². The van der Waals surface area contributed by atoms with Gasteiger partial charge in [-0.25, -0.2) is 0 Å². The summed E-state index contributed by atoms with van der Waals surface area (Å²) in [5.41, 5.74) is 6.93. The number of nitrogen functional groups attached to an aromatic ring is 1. The van der Waals surface area contributed by atoms with E-state index in [0.29, 0.717) is 24.5 Å². The standard InChI is InChI=1S/C14H17F3N2O/c1-20-12-2-3-13(18)10(8-12)9-19-6-4-11(5-7-19)14(15,16)17/h2-4,8H,5-7,9,18H2,1H3. The second-order valence-electron chi connectivity index (χ2n) is 4.78. The predicted octanol–water partition coefficient (Wildman–Crippen LogP) is 2.97.